The van der Waals surface area contributed by atoms with E-state index in [0.717, 1.165) is 30.6 Å². The molecule has 2 rings (SSSR count). The Labute approximate surface area is 290 Å². The fourth-order valence-electron chi connectivity index (χ4n) is 6.90. The number of amides is 1. The van der Waals surface area contributed by atoms with Crippen molar-refractivity contribution in [1.29, 1.82) is 0 Å². The van der Waals surface area contributed by atoms with Crippen LogP contribution in [0.3, 0.4) is 0 Å². The second kappa shape index (κ2) is 23.1. The number of carbonyl (C=O) groups excluding carboxylic acids is 1. The van der Waals surface area contributed by atoms with Gasteiger partial charge >= 0.3 is 0 Å². The SMILES string of the molecule is CCCCCCCCCCCCCCCC(C)C(=O)N(CCOCCOc1ccc(C(C)(C)CC(C)(C)C)cc1)Cc1ccccc1. The zero-order valence-corrected chi connectivity index (χ0v) is 31.6. The van der Waals surface area contributed by atoms with E-state index < -0.39 is 0 Å². The maximum atomic E-state index is 13.5. The van der Waals surface area contributed by atoms with E-state index in [9.17, 15) is 4.79 Å². The van der Waals surface area contributed by atoms with Gasteiger partial charge < -0.3 is 14.4 Å². The normalized spacial score (nSPS) is 12.7. The lowest BCUT2D eigenvalue weighted by atomic mass is 9.72. The van der Waals surface area contributed by atoms with Gasteiger partial charge in [-0.3, -0.25) is 4.79 Å². The number of benzene rings is 2. The van der Waals surface area contributed by atoms with Crippen LogP contribution in [0.15, 0.2) is 54.6 Å². The minimum Gasteiger partial charge on any atom is -0.491 e. The molecule has 0 aliphatic heterocycles. The summed E-state index contributed by atoms with van der Waals surface area (Å²) in [5.74, 6) is 1.14. The molecule has 0 saturated carbocycles. The molecule has 0 aromatic heterocycles. The molecule has 4 heteroatoms. The van der Waals surface area contributed by atoms with Crippen LogP contribution in [-0.4, -0.2) is 37.2 Å². The summed E-state index contributed by atoms with van der Waals surface area (Å²) in [6.45, 7) is 18.6. The fourth-order valence-corrected chi connectivity index (χ4v) is 6.90. The highest BCUT2D eigenvalue weighted by Gasteiger charge is 2.27. The van der Waals surface area contributed by atoms with E-state index in [1.807, 2.05) is 23.1 Å². The van der Waals surface area contributed by atoms with Gasteiger partial charge in [0.1, 0.15) is 12.4 Å². The summed E-state index contributed by atoms with van der Waals surface area (Å²) >= 11 is 0. The zero-order valence-electron chi connectivity index (χ0n) is 31.6. The minimum atomic E-state index is 0.0334. The van der Waals surface area contributed by atoms with E-state index in [4.69, 9.17) is 9.47 Å². The molecule has 1 unspecified atom stereocenters. The van der Waals surface area contributed by atoms with E-state index >= 15 is 0 Å². The molecule has 0 spiro atoms. The summed E-state index contributed by atoms with van der Waals surface area (Å²) in [6, 6.07) is 18.8. The van der Waals surface area contributed by atoms with E-state index in [1.54, 1.807) is 0 Å². The first-order chi connectivity index (χ1) is 22.5. The Morgan fingerprint density at radius 2 is 1.26 bits per heavy atom. The van der Waals surface area contributed by atoms with Gasteiger partial charge in [0.25, 0.3) is 0 Å². The van der Waals surface area contributed by atoms with Crippen LogP contribution >= 0.6 is 0 Å². The Bertz CT molecular complexity index is 1060. The van der Waals surface area contributed by atoms with Gasteiger partial charge in [-0.05, 0) is 46.9 Å². The number of ether oxygens (including phenoxy) is 2. The molecule has 2 aromatic carbocycles. The van der Waals surface area contributed by atoms with Gasteiger partial charge in [0.2, 0.25) is 5.91 Å². The van der Waals surface area contributed by atoms with Gasteiger partial charge in [-0.25, -0.2) is 0 Å². The molecule has 0 heterocycles. The van der Waals surface area contributed by atoms with Crippen LogP contribution in [0.4, 0.5) is 0 Å². The monoisotopic (exact) mass is 650 g/mol. The maximum Gasteiger partial charge on any atom is 0.225 e. The highest BCUT2D eigenvalue weighted by atomic mass is 16.5. The first-order valence-electron chi connectivity index (χ1n) is 19.2. The lowest BCUT2D eigenvalue weighted by molar-refractivity contribution is -0.136. The molecule has 0 radical (unpaired) electrons. The Morgan fingerprint density at radius 1 is 0.702 bits per heavy atom. The first kappa shape index (κ1) is 40.8. The third kappa shape index (κ3) is 18.7. The summed E-state index contributed by atoms with van der Waals surface area (Å²) in [5.41, 5.74) is 2.89. The smallest absolute Gasteiger partial charge is 0.225 e. The van der Waals surface area contributed by atoms with E-state index in [1.165, 1.54) is 82.6 Å². The second-order valence-electron chi connectivity index (χ2n) is 15.8. The number of rotatable bonds is 26. The molecule has 4 nitrogen and oxygen atoms in total. The lowest BCUT2D eigenvalue weighted by Crippen LogP contribution is -2.37. The molecule has 0 fully saturated rings. The Hall–Kier alpha value is -2.33. The maximum absolute atomic E-state index is 13.5. The molecule has 0 aliphatic rings. The average molecular weight is 650 g/mol. The average Bonchev–Trinajstić information content (AvgIpc) is 3.03. The van der Waals surface area contributed by atoms with Crippen LogP contribution < -0.4 is 4.74 Å². The molecule has 0 N–H and O–H groups in total. The molecule has 1 amide bonds. The predicted octanol–water partition coefficient (Wildman–Crippen LogP) is 11.9. The predicted molar refractivity (Wildman–Crippen MR) is 201 cm³/mol. The Kier molecular flexibility index (Phi) is 20.1. The fraction of sp³-hybridized carbons (Fsp3) is 0.698. The number of unbranched alkanes of at least 4 members (excludes halogenated alkanes) is 12. The summed E-state index contributed by atoms with van der Waals surface area (Å²) in [4.78, 5) is 15.5. The van der Waals surface area contributed by atoms with Crippen molar-refractivity contribution in [2.75, 3.05) is 26.4 Å². The highest BCUT2D eigenvalue weighted by Crippen LogP contribution is 2.36. The summed E-state index contributed by atoms with van der Waals surface area (Å²) < 4.78 is 11.9. The van der Waals surface area contributed by atoms with E-state index in [2.05, 4.69) is 84.9 Å². The second-order valence-corrected chi connectivity index (χ2v) is 15.8. The molecular formula is C43H71NO3. The van der Waals surface area contributed by atoms with Crippen molar-refractivity contribution in [3.05, 3.63) is 65.7 Å². The minimum absolute atomic E-state index is 0.0334. The van der Waals surface area contributed by atoms with Crippen LogP contribution in [0.2, 0.25) is 0 Å². The van der Waals surface area contributed by atoms with Crippen LogP contribution in [0, 0.1) is 11.3 Å². The standard InChI is InChI=1S/C43H71NO3/c1-8-9-10-11-12-13-14-15-16-17-18-19-21-24-37(2)41(45)44(35-38-25-22-20-23-26-38)31-32-46-33-34-47-40-29-27-39(28-30-40)43(6,7)36-42(3,4)5/h20,22-23,25-30,37H,8-19,21,24,31-36H2,1-7H3. The van der Waals surface area contributed by atoms with Gasteiger partial charge in [0.15, 0.2) is 0 Å². The first-order valence-corrected chi connectivity index (χ1v) is 19.2. The summed E-state index contributed by atoms with van der Waals surface area (Å²) in [6.07, 6.45) is 19.6. The zero-order chi connectivity index (χ0) is 34.4. The molecule has 0 aliphatic carbocycles. The van der Waals surface area contributed by atoms with Crippen molar-refractivity contribution in [3.8, 4) is 5.75 Å². The molecule has 1 atom stereocenters. The van der Waals surface area contributed by atoms with Gasteiger partial charge in [-0.15, -0.1) is 0 Å². The van der Waals surface area contributed by atoms with Crippen LogP contribution in [0.25, 0.3) is 0 Å². The molecule has 47 heavy (non-hydrogen) atoms. The Balaban J connectivity index is 1.67. The van der Waals surface area contributed by atoms with Crippen molar-refractivity contribution in [2.45, 2.75) is 157 Å². The molecule has 2 aromatic rings. The van der Waals surface area contributed by atoms with Gasteiger partial charge in [0.05, 0.1) is 13.2 Å². The van der Waals surface area contributed by atoms with Crippen molar-refractivity contribution >= 4 is 5.91 Å². The topological polar surface area (TPSA) is 38.8 Å². The largest absolute Gasteiger partial charge is 0.491 e. The quantitative estimate of drug-likeness (QED) is 0.0952. The molecule has 0 bridgehead atoms. The van der Waals surface area contributed by atoms with Gasteiger partial charge in [-0.1, -0.05) is 174 Å². The Morgan fingerprint density at radius 3 is 1.81 bits per heavy atom. The van der Waals surface area contributed by atoms with Crippen molar-refractivity contribution in [2.24, 2.45) is 11.3 Å². The van der Waals surface area contributed by atoms with Crippen LogP contribution in [-0.2, 0) is 21.5 Å². The third-order valence-electron chi connectivity index (χ3n) is 9.30. The lowest BCUT2D eigenvalue weighted by Gasteiger charge is -2.33. The number of nitrogens with zero attached hydrogens (tertiary/aromatic N) is 1. The number of hydrogen-bond acceptors (Lipinski definition) is 3. The van der Waals surface area contributed by atoms with Crippen LogP contribution in [0.1, 0.15) is 156 Å². The third-order valence-corrected chi connectivity index (χ3v) is 9.30. The molecular weight excluding hydrogens is 578 g/mol. The van der Waals surface area contributed by atoms with Crippen molar-refractivity contribution < 1.29 is 14.3 Å². The van der Waals surface area contributed by atoms with Gasteiger partial charge in [0, 0.05) is 19.0 Å². The molecule has 266 valence electrons. The van der Waals surface area contributed by atoms with Crippen molar-refractivity contribution in [3.63, 3.8) is 0 Å². The summed E-state index contributed by atoms with van der Waals surface area (Å²) in [7, 11) is 0. The summed E-state index contributed by atoms with van der Waals surface area (Å²) in [5, 5.41) is 0. The number of hydrogen-bond donors (Lipinski definition) is 0. The van der Waals surface area contributed by atoms with E-state index in [0.29, 0.717) is 32.9 Å². The van der Waals surface area contributed by atoms with Crippen LogP contribution in [0.5, 0.6) is 5.75 Å². The highest BCUT2D eigenvalue weighted by molar-refractivity contribution is 5.78. The van der Waals surface area contributed by atoms with Crippen molar-refractivity contribution in [1.82, 2.24) is 4.90 Å². The van der Waals surface area contributed by atoms with E-state index in [-0.39, 0.29) is 22.7 Å². The van der Waals surface area contributed by atoms with Gasteiger partial charge in [-0.2, -0.15) is 0 Å². The number of carbonyl (C=O) groups is 1. The molecule has 0 saturated heterocycles.